The highest BCUT2D eigenvalue weighted by molar-refractivity contribution is 5.23. The largest absolute Gasteiger partial charge is 0.305 e. The Bertz CT molecular complexity index is 279. The van der Waals surface area contributed by atoms with E-state index in [-0.39, 0.29) is 6.42 Å². The molecule has 0 saturated heterocycles. The maximum Gasteiger partial charge on any atom is 0.242 e. The number of alkyl halides is 2. The number of nitrogens with one attached hydrogen (secondary N) is 1. The van der Waals surface area contributed by atoms with E-state index in [0.717, 1.165) is 5.56 Å². The van der Waals surface area contributed by atoms with Gasteiger partial charge in [-0.3, -0.25) is 0 Å². The molecular weight excluding hydrogens is 188 g/mol. The molecule has 1 N–H and O–H groups in total. The van der Waals surface area contributed by atoms with E-state index < -0.39 is 6.43 Å². The van der Waals surface area contributed by atoms with Crippen LogP contribution in [0.15, 0.2) is 24.3 Å². The van der Waals surface area contributed by atoms with Crippen molar-refractivity contribution in [1.82, 2.24) is 5.48 Å². The zero-order chi connectivity index (χ0) is 10.4. The fourth-order valence-corrected chi connectivity index (χ4v) is 1.20. The van der Waals surface area contributed by atoms with Crippen LogP contribution in [0.25, 0.3) is 0 Å². The molecule has 0 fully saturated rings. The molecule has 0 spiro atoms. The summed E-state index contributed by atoms with van der Waals surface area (Å²) in [7, 11) is 1.52. The number of hydrogen-bond acceptors (Lipinski definition) is 2. The summed E-state index contributed by atoms with van der Waals surface area (Å²) < 4.78 is 24.1. The third-order valence-corrected chi connectivity index (χ3v) is 1.80. The van der Waals surface area contributed by atoms with Gasteiger partial charge in [0.2, 0.25) is 6.43 Å². The van der Waals surface area contributed by atoms with Gasteiger partial charge in [0, 0.05) is 13.0 Å². The second-order valence-electron chi connectivity index (χ2n) is 2.94. The Labute approximate surface area is 81.8 Å². The zero-order valence-electron chi connectivity index (χ0n) is 7.97. The number of hydrogen-bond donors (Lipinski definition) is 1. The molecule has 4 heteroatoms. The smallest absolute Gasteiger partial charge is 0.242 e. The molecular formula is C10H13F2NO. The molecule has 2 nitrogen and oxygen atoms in total. The molecule has 0 aliphatic rings. The van der Waals surface area contributed by atoms with Gasteiger partial charge in [0.15, 0.2) is 0 Å². The van der Waals surface area contributed by atoms with E-state index >= 15 is 0 Å². The van der Waals surface area contributed by atoms with Crippen LogP contribution in [0.2, 0.25) is 0 Å². The van der Waals surface area contributed by atoms with Crippen LogP contribution in [0, 0.1) is 0 Å². The van der Waals surface area contributed by atoms with Crippen molar-refractivity contribution in [1.29, 1.82) is 0 Å². The van der Waals surface area contributed by atoms with Crippen molar-refractivity contribution in [2.45, 2.75) is 19.4 Å². The Morgan fingerprint density at radius 1 is 1.36 bits per heavy atom. The third-order valence-electron chi connectivity index (χ3n) is 1.80. The van der Waals surface area contributed by atoms with Crippen molar-refractivity contribution in [3.63, 3.8) is 0 Å². The van der Waals surface area contributed by atoms with Gasteiger partial charge in [0.25, 0.3) is 0 Å². The summed E-state index contributed by atoms with van der Waals surface area (Å²) in [5.41, 5.74) is 4.24. The Kier molecular flexibility index (Phi) is 4.49. The molecule has 78 valence electrons. The van der Waals surface area contributed by atoms with E-state index in [1.807, 2.05) is 6.07 Å². The van der Waals surface area contributed by atoms with Crippen LogP contribution in [0.4, 0.5) is 8.78 Å². The lowest BCUT2D eigenvalue weighted by Gasteiger charge is -2.05. The topological polar surface area (TPSA) is 21.3 Å². The van der Waals surface area contributed by atoms with E-state index in [1.54, 1.807) is 18.2 Å². The normalized spacial score (nSPS) is 10.9. The fraction of sp³-hybridized carbons (Fsp3) is 0.400. The minimum absolute atomic E-state index is 0.194. The average molecular weight is 201 g/mol. The molecule has 0 radical (unpaired) electrons. The maximum absolute atomic E-state index is 12.1. The van der Waals surface area contributed by atoms with Gasteiger partial charge in [-0.15, -0.1) is 0 Å². The van der Waals surface area contributed by atoms with Gasteiger partial charge in [-0.05, 0) is 11.1 Å². The number of halogens is 2. The minimum atomic E-state index is -2.29. The molecule has 0 aliphatic heterocycles. The summed E-state index contributed by atoms with van der Waals surface area (Å²) in [5.74, 6) is 0. The summed E-state index contributed by atoms with van der Waals surface area (Å²) >= 11 is 0. The van der Waals surface area contributed by atoms with Crippen LogP contribution in [0.3, 0.4) is 0 Å². The average Bonchev–Trinajstić information content (AvgIpc) is 2.14. The highest BCUT2D eigenvalue weighted by Gasteiger charge is 2.04. The first-order chi connectivity index (χ1) is 6.72. The molecule has 0 aromatic heterocycles. The zero-order valence-corrected chi connectivity index (χ0v) is 7.97. The molecule has 1 rings (SSSR count). The van der Waals surface area contributed by atoms with Gasteiger partial charge in [0.05, 0.1) is 7.11 Å². The quantitative estimate of drug-likeness (QED) is 0.737. The first-order valence-electron chi connectivity index (χ1n) is 4.34. The molecule has 0 heterocycles. The Morgan fingerprint density at radius 3 is 2.71 bits per heavy atom. The van der Waals surface area contributed by atoms with Gasteiger partial charge in [-0.25, -0.2) is 8.78 Å². The second-order valence-corrected chi connectivity index (χ2v) is 2.94. The van der Waals surface area contributed by atoms with Gasteiger partial charge >= 0.3 is 0 Å². The Morgan fingerprint density at radius 2 is 2.07 bits per heavy atom. The van der Waals surface area contributed by atoms with Crippen molar-refractivity contribution in [2.75, 3.05) is 7.11 Å². The lowest BCUT2D eigenvalue weighted by molar-refractivity contribution is 0.0867. The van der Waals surface area contributed by atoms with Crippen LogP contribution in [-0.4, -0.2) is 13.5 Å². The highest BCUT2D eigenvalue weighted by atomic mass is 19.3. The van der Waals surface area contributed by atoms with Crippen molar-refractivity contribution in [2.24, 2.45) is 0 Å². The lowest BCUT2D eigenvalue weighted by atomic mass is 10.1. The van der Waals surface area contributed by atoms with E-state index in [0.29, 0.717) is 12.1 Å². The van der Waals surface area contributed by atoms with Gasteiger partial charge in [0.1, 0.15) is 0 Å². The van der Waals surface area contributed by atoms with Crippen molar-refractivity contribution in [3.8, 4) is 0 Å². The van der Waals surface area contributed by atoms with Gasteiger partial charge in [-0.2, -0.15) is 5.48 Å². The fourth-order valence-electron chi connectivity index (χ4n) is 1.20. The lowest BCUT2D eigenvalue weighted by Crippen LogP contribution is -2.11. The molecule has 14 heavy (non-hydrogen) atoms. The minimum Gasteiger partial charge on any atom is -0.305 e. The first-order valence-corrected chi connectivity index (χ1v) is 4.34. The van der Waals surface area contributed by atoms with Crippen LogP contribution < -0.4 is 5.48 Å². The standard InChI is InChI=1S/C10H13F2NO/c1-14-13-7-9-4-2-3-8(5-9)6-10(11)12/h2-5,10,13H,6-7H2,1H3. The SMILES string of the molecule is CONCc1cccc(CC(F)F)c1. The van der Waals surface area contributed by atoms with Crippen molar-refractivity contribution < 1.29 is 13.6 Å². The third kappa shape index (κ3) is 3.81. The summed E-state index contributed by atoms with van der Waals surface area (Å²) in [4.78, 5) is 4.67. The summed E-state index contributed by atoms with van der Waals surface area (Å²) in [5, 5.41) is 0. The molecule has 0 atom stereocenters. The van der Waals surface area contributed by atoms with E-state index in [9.17, 15) is 8.78 Å². The van der Waals surface area contributed by atoms with Crippen LogP contribution in [0.1, 0.15) is 11.1 Å². The predicted molar refractivity (Wildman–Crippen MR) is 50.0 cm³/mol. The summed E-state index contributed by atoms with van der Waals surface area (Å²) in [6.45, 7) is 0.521. The number of benzene rings is 1. The number of rotatable bonds is 5. The van der Waals surface area contributed by atoms with Gasteiger partial charge in [-0.1, -0.05) is 24.3 Å². The molecule has 0 amide bonds. The molecule has 0 unspecified atom stereocenters. The van der Waals surface area contributed by atoms with E-state index in [1.165, 1.54) is 7.11 Å². The van der Waals surface area contributed by atoms with E-state index in [4.69, 9.17) is 0 Å². The van der Waals surface area contributed by atoms with E-state index in [2.05, 4.69) is 10.3 Å². The van der Waals surface area contributed by atoms with Crippen molar-refractivity contribution in [3.05, 3.63) is 35.4 Å². The summed E-state index contributed by atoms with van der Waals surface area (Å²) in [6.07, 6.45) is -2.48. The summed E-state index contributed by atoms with van der Waals surface area (Å²) in [6, 6.07) is 7.08. The first kappa shape index (κ1) is 11.1. The molecule has 0 saturated carbocycles. The number of hydroxylamine groups is 1. The Balaban J connectivity index is 2.59. The second kappa shape index (κ2) is 5.67. The monoisotopic (exact) mass is 201 g/mol. The van der Waals surface area contributed by atoms with Crippen LogP contribution in [0.5, 0.6) is 0 Å². The molecule has 1 aromatic rings. The maximum atomic E-state index is 12.1. The Hall–Kier alpha value is -1.00. The molecule has 0 aliphatic carbocycles. The molecule has 0 bridgehead atoms. The highest BCUT2D eigenvalue weighted by Crippen LogP contribution is 2.09. The van der Waals surface area contributed by atoms with Crippen LogP contribution >= 0.6 is 0 Å². The van der Waals surface area contributed by atoms with Crippen molar-refractivity contribution >= 4 is 0 Å². The van der Waals surface area contributed by atoms with Gasteiger partial charge < -0.3 is 4.84 Å². The van der Waals surface area contributed by atoms with Crippen LogP contribution in [-0.2, 0) is 17.8 Å². The molecule has 1 aromatic carbocycles. The predicted octanol–water partition coefficient (Wildman–Crippen LogP) is 2.15.